The van der Waals surface area contributed by atoms with Gasteiger partial charge in [0.05, 0.1) is 20.3 Å². The average Bonchev–Trinajstić information content (AvgIpc) is 2.62. The molecule has 0 fully saturated rings. The lowest BCUT2D eigenvalue weighted by molar-refractivity contribution is 0.0936. The first kappa shape index (κ1) is 19.0. The summed E-state index contributed by atoms with van der Waals surface area (Å²) in [7, 11) is 1.62. The predicted octanol–water partition coefficient (Wildman–Crippen LogP) is 4.33. The van der Waals surface area contributed by atoms with Crippen LogP contribution in [0, 0.1) is 0 Å². The van der Waals surface area contributed by atoms with Gasteiger partial charge < -0.3 is 14.8 Å². The summed E-state index contributed by atoms with van der Waals surface area (Å²) in [6.07, 6.45) is 2.01. The molecule has 1 N–H and O–H groups in total. The highest BCUT2D eigenvalue weighted by atomic mass is 16.5. The summed E-state index contributed by atoms with van der Waals surface area (Å²) < 4.78 is 11.2. The van der Waals surface area contributed by atoms with Crippen molar-refractivity contribution in [3.8, 4) is 5.75 Å². The van der Waals surface area contributed by atoms with Crippen molar-refractivity contribution < 1.29 is 14.3 Å². The second-order valence-electron chi connectivity index (χ2n) is 6.17. The van der Waals surface area contributed by atoms with Gasteiger partial charge in [-0.1, -0.05) is 43.7 Å². The van der Waals surface area contributed by atoms with Gasteiger partial charge in [-0.3, -0.25) is 4.79 Å². The van der Waals surface area contributed by atoms with E-state index >= 15 is 0 Å². The normalized spacial score (nSPS) is 11.8. The van der Waals surface area contributed by atoms with Crippen LogP contribution in [0.5, 0.6) is 5.75 Å². The molecule has 2 aromatic rings. The minimum absolute atomic E-state index is 0.0621. The first-order valence-electron chi connectivity index (χ1n) is 8.73. The van der Waals surface area contributed by atoms with Crippen LogP contribution in [-0.4, -0.2) is 19.1 Å². The Hall–Kier alpha value is -2.33. The first-order chi connectivity index (χ1) is 12.1. The van der Waals surface area contributed by atoms with Crippen molar-refractivity contribution in [2.45, 2.75) is 45.9 Å². The SMILES string of the molecule is CCC[C@@H](C)NC(=O)c1ccc(OC)c(COCc2ccccc2)c1. The van der Waals surface area contributed by atoms with E-state index in [1.807, 2.05) is 49.4 Å². The topological polar surface area (TPSA) is 47.6 Å². The molecule has 0 aliphatic rings. The molecule has 0 aliphatic carbocycles. The summed E-state index contributed by atoms with van der Waals surface area (Å²) in [5.41, 5.74) is 2.61. The van der Waals surface area contributed by atoms with Crippen LogP contribution >= 0.6 is 0 Å². The lowest BCUT2D eigenvalue weighted by Gasteiger charge is -2.15. The maximum Gasteiger partial charge on any atom is 0.251 e. The molecule has 0 radical (unpaired) electrons. The van der Waals surface area contributed by atoms with Crippen molar-refractivity contribution in [1.29, 1.82) is 0 Å². The zero-order valence-corrected chi connectivity index (χ0v) is 15.2. The second kappa shape index (κ2) is 9.84. The fourth-order valence-corrected chi connectivity index (χ4v) is 2.70. The Morgan fingerprint density at radius 2 is 1.88 bits per heavy atom. The van der Waals surface area contributed by atoms with E-state index in [1.54, 1.807) is 13.2 Å². The molecule has 4 heteroatoms. The number of methoxy groups -OCH3 is 1. The molecule has 0 saturated heterocycles. The minimum Gasteiger partial charge on any atom is -0.496 e. The van der Waals surface area contributed by atoms with Gasteiger partial charge in [0.2, 0.25) is 0 Å². The van der Waals surface area contributed by atoms with Crippen molar-refractivity contribution >= 4 is 5.91 Å². The molecule has 0 aromatic heterocycles. The number of carbonyl (C=O) groups is 1. The zero-order valence-electron chi connectivity index (χ0n) is 15.2. The van der Waals surface area contributed by atoms with Gasteiger partial charge in [-0.25, -0.2) is 0 Å². The van der Waals surface area contributed by atoms with Gasteiger partial charge in [0.25, 0.3) is 5.91 Å². The highest BCUT2D eigenvalue weighted by molar-refractivity contribution is 5.94. The van der Waals surface area contributed by atoms with Crippen LogP contribution in [0.15, 0.2) is 48.5 Å². The lowest BCUT2D eigenvalue weighted by Crippen LogP contribution is -2.32. The molecule has 0 spiro atoms. The Morgan fingerprint density at radius 1 is 1.12 bits per heavy atom. The first-order valence-corrected chi connectivity index (χ1v) is 8.73. The third-order valence-corrected chi connectivity index (χ3v) is 4.01. The molecular weight excluding hydrogens is 314 g/mol. The van der Waals surface area contributed by atoms with E-state index in [1.165, 1.54) is 0 Å². The molecule has 0 bridgehead atoms. The van der Waals surface area contributed by atoms with Crippen LogP contribution in [0.3, 0.4) is 0 Å². The summed E-state index contributed by atoms with van der Waals surface area (Å²) >= 11 is 0. The smallest absolute Gasteiger partial charge is 0.251 e. The van der Waals surface area contributed by atoms with Gasteiger partial charge in [-0.05, 0) is 37.1 Å². The molecule has 0 aliphatic heterocycles. The Kier molecular flexibility index (Phi) is 7.48. The van der Waals surface area contributed by atoms with Gasteiger partial charge in [-0.15, -0.1) is 0 Å². The van der Waals surface area contributed by atoms with Crippen molar-refractivity contribution in [2.24, 2.45) is 0 Å². The number of hydrogen-bond donors (Lipinski definition) is 1. The molecule has 2 aromatic carbocycles. The van der Waals surface area contributed by atoms with Crippen LogP contribution in [0.25, 0.3) is 0 Å². The molecule has 4 nitrogen and oxygen atoms in total. The van der Waals surface area contributed by atoms with E-state index in [0.717, 1.165) is 29.7 Å². The molecule has 0 saturated carbocycles. The fraction of sp³-hybridized carbons (Fsp3) is 0.381. The number of ether oxygens (including phenoxy) is 2. The van der Waals surface area contributed by atoms with Gasteiger partial charge >= 0.3 is 0 Å². The third-order valence-electron chi connectivity index (χ3n) is 4.01. The number of carbonyl (C=O) groups excluding carboxylic acids is 1. The number of hydrogen-bond acceptors (Lipinski definition) is 3. The third kappa shape index (κ3) is 5.91. The van der Waals surface area contributed by atoms with Crippen LogP contribution in [0.1, 0.15) is 48.2 Å². The van der Waals surface area contributed by atoms with Crippen LogP contribution in [0.4, 0.5) is 0 Å². The maximum atomic E-state index is 12.4. The molecule has 0 unspecified atom stereocenters. The minimum atomic E-state index is -0.0621. The average molecular weight is 341 g/mol. The molecule has 1 atom stereocenters. The van der Waals surface area contributed by atoms with Crippen molar-refractivity contribution in [3.05, 3.63) is 65.2 Å². The van der Waals surface area contributed by atoms with Crippen LogP contribution < -0.4 is 10.1 Å². The largest absolute Gasteiger partial charge is 0.496 e. The highest BCUT2D eigenvalue weighted by Gasteiger charge is 2.12. The summed E-state index contributed by atoms with van der Waals surface area (Å²) in [5, 5.41) is 3.02. The van der Waals surface area contributed by atoms with E-state index in [4.69, 9.17) is 9.47 Å². The Balaban J connectivity index is 2.02. The van der Waals surface area contributed by atoms with Crippen molar-refractivity contribution in [3.63, 3.8) is 0 Å². The highest BCUT2D eigenvalue weighted by Crippen LogP contribution is 2.21. The molecule has 2 rings (SSSR count). The maximum absolute atomic E-state index is 12.4. The number of amides is 1. The molecule has 134 valence electrons. The van der Waals surface area contributed by atoms with Crippen molar-refractivity contribution in [2.75, 3.05) is 7.11 Å². The van der Waals surface area contributed by atoms with E-state index < -0.39 is 0 Å². The number of nitrogens with one attached hydrogen (secondary N) is 1. The standard InChI is InChI=1S/C21H27NO3/c1-4-8-16(2)22-21(23)18-11-12-20(24-3)19(13-18)15-25-14-17-9-6-5-7-10-17/h5-7,9-13,16H,4,8,14-15H2,1-3H3,(H,22,23)/t16-/m1/s1. The van der Waals surface area contributed by atoms with E-state index in [2.05, 4.69) is 12.2 Å². The second-order valence-corrected chi connectivity index (χ2v) is 6.17. The van der Waals surface area contributed by atoms with E-state index in [0.29, 0.717) is 18.8 Å². The monoisotopic (exact) mass is 341 g/mol. The quantitative estimate of drug-likeness (QED) is 0.738. The predicted molar refractivity (Wildman–Crippen MR) is 99.8 cm³/mol. The molecule has 0 heterocycles. The number of benzene rings is 2. The van der Waals surface area contributed by atoms with Crippen LogP contribution in [-0.2, 0) is 18.0 Å². The van der Waals surface area contributed by atoms with Crippen molar-refractivity contribution in [1.82, 2.24) is 5.32 Å². The Morgan fingerprint density at radius 3 is 2.56 bits per heavy atom. The summed E-state index contributed by atoms with van der Waals surface area (Å²) in [5.74, 6) is 0.666. The van der Waals surface area contributed by atoms with Gasteiger partial charge in [0.1, 0.15) is 5.75 Å². The van der Waals surface area contributed by atoms with Gasteiger partial charge in [0, 0.05) is 17.2 Å². The fourth-order valence-electron chi connectivity index (χ4n) is 2.70. The molecular formula is C21H27NO3. The summed E-state index contributed by atoms with van der Waals surface area (Å²) in [6, 6.07) is 15.6. The van der Waals surface area contributed by atoms with Gasteiger partial charge in [-0.2, -0.15) is 0 Å². The van der Waals surface area contributed by atoms with E-state index in [-0.39, 0.29) is 11.9 Å². The van der Waals surface area contributed by atoms with Gasteiger partial charge in [0.15, 0.2) is 0 Å². The molecule has 25 heavy (non-hydrogen) atoms. The zero-order chi connectivity index (χ0) is 18.1. The summed E-state index contributed by atoms with van der Waals surface area (Å²) in [4.78, 5) is 12.4. The number of rotatable bonds is 9. The Labute approximate surface area is 150 Å². The molecule has 1 amide bonds. The summed E-state index contributed by atoms with van der Waals surface area (Å²) in [6.45, 7) is 5.05. The van der Waals surface area contributed by atoms with E-state index in [9.17, 15) is 4.79 Å². The van der Waals surface area contributed by atoms with Crippen LogP contribution in [0.2, 0.25) is 0 Å². The Bertz CT molecular complexity index is 670. The lowest BCUT2D eigenvalue weighted by atomic mass is 10.1.